The summed E-state index contributed by atoms with van der Waals surface area (Å²) in [4.78, 5) is 30.0. The predicted octanol–water partition coefficient (Wildman–Crippen LogP) is 3.03. The third-order valence-electron chi connectivity index (χ3n) is 5.02. The van der Waals surface area contributed by atoms with Gasteiger partial charge in [0.2, 0.25) is 5.91 Å². The Labute approximate surface area is 175 Å². The Morgan fingerprint density at radius 3 is 2.60 bits per heavy atom. The lowest BCUT2D eigenvalue weighted by molar-refractivity contribution is -0.127. The average Bonchev–Trinajstić information content (AvgIpc) is 2.81. The van der Waals surface area contributed by atoms with Gasteiger partial charge in [-0.05, 0) is 48.8 Å². The van der Waals surface area contributed by atoms with Crippen LogP contribution in [0.3, 0.4) is 0 Å². The normalized spacial score (nSPS) is 16.7. The van der Waals surface area contributed by atoms with Crippen molar-refractivity contribution in [3.63, 3.8) is 0 Å². The minimum atomic E-state index is -0.636. The van der Waals surface area contributed by atoms with Gasteiger partial charge in [0, 0.05) is 31.2 Å². The van der Waals surface area contributed by atoms with E-state index < -0.39 is 5.91 Å². The van der Waals surface area contributed by atoms with Gasteiger partial charge in [0.25, 0.3) is 5.91 Å². The first-order valence-electron chi connectivity index (χ1n) is 9.80. The Kier molecular flexibility index (Phi) is 7.34. The summed E-state index contributed by atoms with van der Waals surface area (Å²) in [6.45, 7) is 1.37. The van der Waals surface area contributed by atoms with Crippen LogP contribution in [0.25, 0.3) is 12.2 Å². The standard InChI is InChI=1S/C23H25N3O4/c1-30-21-10-3-2-9-20(21)17-6-5-15-26(16-17)23(28)14-12-19-8-4-7-18(24-19)11-13-22(27)25-29/h2-4,7-14,17,29H,5-6,15-16H2,1H3,(H,25,27). The molecule has 0 saturated carbocycles. The van der Waals surface area contributed by atoms with Crippen LogP contribution >= 0.6 is 0 Å². The Balaban J connectivity index is 1.66. The quantitative estimate of drug-likeness (QED) is 0.436. The van der Waals surface area contributed by atoms with Crippen molar-refractivity contribution in [2.75, 3.05) is 20.2 Å². The predicted molar refractivity (Wildman–Crippen MR) is 114 cm³/mol. The fraction of sp³-hybridized carbons (Fsp3) is 0.261. The van der Waals surface area contributed by atoms with Gasteiger partial charge in [-0.2, -0.15) is 0 Å². The number of ether oxygens (including phenoxy) is 1. The van der Waals surface area contributed by atoms with Gasteiger partial charge in [-0.15, -0.1) is 0 Å². The van der Waals surface area contributed by atoms with E-state index in [0.717, 1.165) is 30.7 Å². The topological polar surface area (TPSA) is 91.8 Å². The SMILES string of the molecule is COc1ccccc1C1CCCN(C(=O)C=Cc2cccc(C=CC(=O)NO)n2)C1. The molecule has 1 aliphatic rings. The van der Waals surface area contributed by atoms with Gasteiger partial charge < -0.3 is 9.64 Å². The maximum absolute atomic E-state index is 12.7. The summed E-state index contributed by atoms with van der Waals surface area (Å²) in [5.41, 5.74) is 3.81. The monoisotopic (exact) mass is 407 g/mol. The fourth-order valence-corrected chi connectivity index (χ4v) is 3.55. The van der Waals surface area contributed by atoms with E-state index in [1.165, 1.54) is 23.7 Å². The number of hydrogen-bond acceptors (Lipinski definition) is 5. The number of likely N-dealkylation sites (tertiary alicyclic amines) is 1. The van der Waals surface area contributed by atoms with Gasteiger partial charge in [-0.3, -0.25) is 14.8 Å². The molecule has 3 rings (SSSR count). The van der Waals surface area contributed by atoms with Crippen LogP contribution in [0, 0.1) is 0 Å². The molecule has 156 valence electrons. The van der Waals surface area contributed by atoms with Crippen LogP contribution in [0.5, 0.6) is 5.75 Å². The molecule has 30 heavy (non-hydrogen) atoms. The highest BCUT2D eigenvalue weighted by atomic mass is 16.5. The number of piperidine rings is 1. The number of carbonyl (C=O) groups excluding carboxylic acids is 2. The second-order valence-electron chi connectivity index (χ2n) is 7.00. The summed E-state index contributed by atoms with van der Waals surface area (Å²) >= 11 is 0. The maximum Gasteiger partial charge on any atom is 0.267 e. The minimum absolute atomic E-state index is 0.0583. The van der Waals surface area contributed by atoms with Crippen molar-refractivity contribution in [1.82, 2.24) is 15.4 Å². The van der Waals surface area contributed by atoms with E-state index in [0.29, 0.717) is 17.9 Å². The van der Waals surface area contributed by atoms with Crippen LogP contribution in [0.15, 0.2) is 54.6 Å². The Bertz CT molecular complexity index is 955. The van der Waals surface area contributed by atoms with Gasteiger partial charge in [-0.25, -0.2) is 10.5 Å². The molecule has 0 radical (unpaired) electrons. The number of rotatable bonds is 6. The largest absolute Gasteiger partial charge is 0.496 e. The lowest BCUT2D eigenvalue weighted by Gasteiger charge is -2.33. The van der Waals surface area contributed by atoms with E-state index in [2.05, 4.69) is 11.1 Å². The van der Waals surface area contributed by atoms with Crippen LogP contribution in [-0.4, -0.2) is 47.1 Å². The van der Waals surface area contributed by atoms with E-state index in [1.807, 2.05) is 23.1 Å². The molecule has 7 nitrogen and oxygen atoms in total. The number of benzene rings is 1. The number of nitrogens with one attached hydrogen (secondary N) is 1. The van der Waals surface area contributed by atoms with Gasteiger partial charge in [0.05, 0.1) is 18.5 Å². The van der Waals surface area contributed by atoms with Crippen molar-refractivity contribution in [3.8, 4) is 5.75 Å². The number of hydroxylamine groups is 1. The lowest BCUT2D eigenvalue weighted by atomic mass is 9.90. The van der Waals surface area contributed by atoms with Crippen LogP contribution in [0.1, 0.15) is 35.7 Å². The van der Waals surface area contributed by atoms with E-state index in [4.69, 9.17) is 9.94 Å². The molecule has 1 aliphatic heterocycles. The summed E-state index contributed by atoms with van der Waals surface area (Å²) < 4.78 is 5.48. The molecule has 0 bridgehead atoms. The van der Waals surface area contributed by atoms with Crippen LogP contribution < -0.4 is 10.2 Å². The Morgan fingerprint density at radius 2 is 1.87 bits per heavy atom. The zero-order valence-electron chi connectivity index (χ0n) is 16.8. The van der Waals surface area contributed by atoms with Gasteiger partial charge in [-0.1, -0.05) is 24.3 Å². The van der Waals surface area contributed by atoms with Crippen molar-refractivity contribution in [3.05, 3.63) is 71.6 Å². The fourth-order valence-electron chi connectivity index (χ4n) is 3.55. The number of nitrogens with zero attached hydrogens (tertiary/aromatic N) is 2. The highest BCUT2D eigenvalue weighted by molar-refractivity contribution is 5.92. The van der Waals surface area contributed by atoms with Crippen LogP contribution in [0.2, 0.25) is 0 Å². The third kappa shape index (κ3) is 5.55. The van der Waals surface area contributed by atoms with Gasteiger partial charge >= 0.3 is 0 Å². The highest BCUT2D eigenvalue weighted by Gasteiger charge is 2.25. The summed E-state index contributed by atoms with van der Waals surface area (Å²) in [6.07, 6.45) is 7.80. The summed E-state index contributed by atoms with van der Waals surface area (Å²) in [5, 5.41) is 8.53. The van der Waals surface area contributed by atoms with Crippen LogP contribution in [0.4, 0.5) is 0 Å². The number of hydrogen-bond donors (Lipinski definition) is 2. The molecule has 2 aromatic rings. The second kappa shape index (κ2) is 10.4. The molecule has 7 heteroatoms. The van der Waals surface area contributed by atoms with E-state index in [1.54, 1.807) is 31.4 Å². The summed E-state index contributed by atoms with van der Waals surface area (Å²) in [6, 6.07) is 13.2. The smallest absolute Gasteiger partial charge is 0.267 e. The molecule has 2 N–H and O–H groups in total. The molecule has 1 aromatic carbocycles. The van der Waals surface area contributed by atoms with E-state index in [9.17, 15) is 9.59 Å². The molecule has 1 aromatic heterocycles. The molecular formula is C23H25N3O4. The zero-order chi connectivity index (χ0) is 21.3. The first-order chi connectivity index (χ1) is 14.6. The number of para-hydroxylation sites is 1. The molecule has 2 amide bonds. The van der Waals surface area contributed by atoms with Crippen molar-refractivity contribution in [1.29, 1.82) is 0 Å². The lowest BCUT2D eigenvalue weighted by Crippen LogP contribution is -2.38. The average molecular weight is 407 g/mol. The third-order valence-corrected chi connectivity index (χ3v) is 5.02. The summed E-state index contributed by atoms with van der Waals surface area (Å²) in [7, 11) is 1.67. The maximum atomic E-state index is 12.7. The molecule has 0 aliphatic carbocycles. The molecule has 1 fully saturated rings. The molecular weight excluding hydrogens is 382 g/mol. The second-order valence-corrected chi connectivity index (χ2v) is 7.00. The minimum Gasteiger partial charge on any atom is -0.496 e. The molecule has 0 spiro atoms. The molecule has 2 heterocycles. The number of amides is 2. The van der Waals surface area contributed by atoms with Crippen molar-refractivity contribution in [2.24, 2.45) is 0 Å². The van der Waals surface area contributed by atoms with Gasteiger partial charge in [0.15, 0.2) is 0 Å². The molecule has 1 unspecified atom stereocenters. The molecule has 1 saturated heterocycles. The first kappa shape index (κ1) is 21.3. The number of aromatic nitrogens is 1. The van der Waals surface area contributed by atoms with Crippen molar-refractivity contribution < 1.29 is 19.5 Å². The number of methoxy groups -OCH3 is 1. The van der Waals surface area contributed by atoms with Crippen molar-refractivity contribution in [2.45, 2.75) is 18.8 Å². The van der Waals surface area contributed by atoms with E-state index >= 15 is 0 Å². The van der Waals surface area contributed by atoms with Crippen LogP contribution in [-0.2, 0) is 9.59 Å². The molecule has 1 atom stereocenters. The Morgan fingerprint density at radius 1 is 1.13 bits per heavy atom. The highest BCUT2D eigenvalue weighted by Crippen LogP contribution is 2.33. The first-order valence-corrected chi connectivity index (χ1v) is 9.80. The number of pyridine rings is 1. The number of carbonyl (C=O) groups is 2. The van der Waals surface area contributed by atoms with Crippen molar-refractivity contribution >= 4 is 24.0 Å². The summed E-state index contributed by atoms with van der Waals surface area (Å²) in [5.74, 6) is 0.410. The Hall–Kier alpha value is -3.45. The van der Waals surface area contributed by atoms with Gasteiger partial charge in [0.1, 0.15) is 5.75 Å². The zero-order valence-corrected chi connectivity index (χ0v) is 16.8. The van der Waals surface area contributed by atoms with E-state index in [-0.39, 0.29) is 11.8 Å².